The van der Waals surface area contributed by atoms with Gasteiger partial charge in [0, 0.05) is 5.69 Å². The van der Waals surface area contributed by atoms with Gasteiger partial charge in [0.15, 0.2) is 0 Å². The molecule has 128 valence electrons. The van der Waals surface area contributed by atoms with E-state index in [4.69, 9.17) is 0 Å². The Kier molecular flexibility index (Phi) is 4.03. The Morgan fingerprint density at radius 3 is 2.32 bits per heavy atom. The first kappa shape index (κ1) is 16.7. The Labute approximate surface area is 138 Å². The molecule has 0 atom stereocenters. The van der Waals surface area contributed by atoms with Crippen LogP contribution in [0.2, 0.25) is 0 Å². The minimum absolute atomic E-state index is 0.108. The van der Waals surface area contributed by atoms with Crippen molar-refractivity contribution in [3.8, 4) is 0 Å². The van der Waals surface area contributed by atoms with Crippen molar-refractivity contribution in [2.24, 2.45) is 0 Å². The molecule has 8 heteroatoms. The van der Waals surface area contributed by atoms with Crippen molar-refractivity contribution in [3.63, 3.8) is 0 Å². The molecule has 0 unspecified atom stereocenters. The van der Waals surface area contributed by atoms with Crippen molar-refractivity contribution >= 4 is 22.5 Å². The van der Waals surface area contributed by atoms with E-state index in [2.05, 4.69) is 10.3 Å². The van der Waals surface area contributed by atoms with Gasteiger partial charge in [-0.3, -0.25) is 9.59 Å². The lowest BCUT2D eigenvalue weighted by atomic mass is 10.1. The molecule has 2 aromatic carbocycles. The lowest BCUT2D eigenvalue weighted by Gasteiger charge is -2.09. The van der Waals surface area contributed by atoms with Crippen LogP contribution in [0.5, 0.6) is 0 Å². The molecular weight excluding hydrogens is 340 g/mol. The molecule has 0 aliphatic rings. The van der Waals surface area contributed by atoms with Crippen LogP contribution in [0.3, 0.4) is 0 Å². The Hall–Kier alpha value is -3.16. The van der Waals surface area contributed by atoms with E-state index < -0.39 is 29.0 Å². The predicted octanol–water partition coefficient (Wildman–Crippen LogP) is 3.94. The molecule has 3 aromatic rings. The number of amides is 1. The van der Waals surface area contributed by atoms with Crippen molar-refractivity contribution in [2.45, 2.75) is 6.18 Å². The van der Waals surface area contributed by atoms with Crippen LogP contribution in [-0.2, 0) is 6.18 Å². The number of pyridine rings is 1. The average Bonchev–Trinajstić information content (AvgIpc) is 2.53. The van der Waals surface area contributed by atoms with Crippen LogP contribution in [0, 0.1) is 5.82 Å². The second-order valence-electron chi connectivity index (χ2n) is 5.27. The smallest absolute Gasteiger partial charge is 0.322 e. The first-order chi connectivity index (χ1) is 11.7. The molecule has 0 fully saturated rings. The summed E-state index contributed by atoms with van der Waals surface area (Å²) in [6.45, 7) is 0. The maximum Gasteiger partial charge on any atom is 0.416 e. The number of carbonyl (C=O) groups is 1. The van der Waals surface area contributed by atoms with Crippen LogP contribution in [-0.4, -0.2) is 10.9 Å². The zero-order chi connectivity index (χ0) is 18.2. The average molecular weight is 350 g/mol. The summed E-state index contributed by atoms with van der Waals surface area (Å²) >= 11 is 0. The Morgan fingerprint density at radius 1 is 1.00 bits per heavy atom. The van der Waals surface area contributed by atoms with Crippen LogP contribution in [0.25, 0.3) is 10.9 Å². The molecule has 0 saturated carbocycles. The molecule has 3 rings (SSSR count). The van der Waals surface area contributed by atoms with Crippen LogP contribution in [0.4, 0.5) is 23.2 Å². The van der Waals surface area contributed by atoms with Gasteiger partial charge in [0.05, 0.1) is 11.1 Å². The summed E-state index contributed by atoms with van der Waals surface area (Å²) in [6.07, 6.45) is -4.48. The van der Waals surface area contributed by atoms with Gasteiger partial charge in [0.2, 0.25) is 0 Å². The van der Waals surface area contributed by atoms with Crippen molar-refractivity contribution in [3.05, 3.63) is 75.8 Å². The molecule has 2 N–H and O–H groups in total. The van der Waals surface area contributed by atoms with Gasteiger partial charge in [-0.25, -0.2) is 4.39 Å². The number of alkyl halides is 3. The van der Waals surface area contributed by atoms with Gasteiger partial charge in [-0.15, -0.1) is 0 Å². The lowest BCUT2D eigenvalue weighted by molar-refractivity contribution is -0.137. The van der Waals surface area contributed by atoms with Gasteiger partial charge in [-0.05, 0) is 53.9 Å². The van der Waals surface area contributed by atoms with Gasteiger partial charge in [0.1, 0.15) is 11.4 Å². The molecule has 25 heavy (non-hydrogen) atoms. The Bertz CT molecular complexity index is 1010. The number of benzene rings is 2. The van der Waals surface area contributed by atoms with E-state index >= 15 is 0 Å². The molecule has 0 aliphatic carbocycles. The topological polar surface area (TPSA) is 62.0 Å². The first-order valence-electron chi connectivity index (χ1n) is 7.05. The summed E-state index contributed by atoms with van der Waals surface area (Å²) in [4.78, 5) is 26.6. The standard InChI is InChI=1S/C17H10F4N2O2/c18-11-4-1-9-7-13(16(25)23-14(9)8-11)15(24)22-12-5-2-10(3-6-12)17(19,20)21/h1-8H,(H,22,24)(H,23,25). The number of nitrogens with one attached hydrogen (secondary N) is 2. The monoisotopic (exact) mass is 350 g/mol. The molecule has 0 saturated heterocycles. The van der Waals surface area contributed by atoms with E-state index in [0.717, 1.165) is 30.3 Å². The second-order valence-corrected chi connectivity index (χ2v) is 5.27. The number of aromatic amines is 1. The number of halogens is 4. The lowest BCUT2D eigenvalue weighted by Crippen LogP contribution is -2.23. The van der Waals surface area contributed by atoms with Crippen molar-refractivity contribution in [2.75, 3.05) is 5.32 Å². The summed E-state index contributed by atoms with van der Waals surface area (Å²) in [7, 11) is 0. The quantitative estimate of drug-likeness (QED) is 0.688. The summed E-state index contributed by atoms with van der Waals surface area (Å²) in [5.41, 5.74) is -1.48. The van der Waals surface area contributed by atoms with E-state index in [1.807, 2.05) is 0 Å². The fourth-order valence-corrected chi connectivity index (χ4v) is 2.28. The first-order valence-corrected chi connectivity index (χ1v) is 7.05. The highest BCUT2D eigenvalue weighted by Crippen LogP contribution is 2.29. The normalized spacial score (nSPS) is 11.5. The summed E-state index contributed by atoms with van der Waals surface area (Å²) in [5, 5.41) is 2.80. The molecule has 1 amide bonds. The van der Waals surface area contributed by atoms with Gasteiger partial charge in [-0.1, -0.05) is 0 Å². The maximum atomic E-state index is 13.2. The van der Waals surface area contributed by atoms with E-state index in [9.17, 15) is 27.2 Å². The predicted molar refractivity (Wildman–Crippen MR) is 83.9 cm³/mol. The number of hydrogen-bond acceptors (Lipinski definition) is 2. The zero-order valence-electron chi connectivity index (χ0n) is 12.4. The number of H-pyrrole nitrogens is 1. The number of rotatable bonds is 2. The number of anilines is 1. The molecule has 1 heterocycles. The third kappa shape index (κ3) is 3.52. The van der Waals surface area contributed by atoms with E-state index in [1.54, 1.807) is 0 Å². The largest absolute Gasteiger partial charge is 0.416 e. The molecular formula is C17H10F4N2O2. The fourth-order valence-electron chi connectivity index (χ4n) is 2.28. The summed E-state index contributed by atoms with van der Waals surface area (Å²) in [5.74, 6) is -1.32. The maximum absolute atomic E-state index is 13.2. The number of hydrogen-bond donors (Lipinski definition) is 2. The molecule has 0 radical (unpaired) electrons. The Morgan fingerprint density at radius 2 is 1.68 bits per heavy atom. The van der Waals surface area contributed by atoms with Crippen molar-refractivity contribution in [1.29, 1.82) is 0 Å². The van der Waals surface area contributed by atoms with Crippen LogP contribution >= 0.6 is 0 Å². The minimum atomic E-state index is -4.48. The number of carbonyl (C=O) groups excluding carboxylic acids is 1. The Balaban J connectivity index is 1.88. The minimum Gasteiger partial charge on any atom is -0.322 e. The van der Waals surface area contributed by atoms with Crippen LogP contribution in [0.15, 0.2) is 53.3 Å². The third-order valence-corrected chi connectivity index (χ3v) is 3.52. The highest BCUT2D eigenvalue weighted by atomic mass is 19.4. The van der Waals surface area contributed by atoms with E-state index in [1.165, 1.54) is 18.2 Å². The second kappa shape index (κ2) is 6.04. The van der Waals surface area contributed by atoms with Gasteiger partial charge < -0.3 is 10.3 Å². The van der Waals surface area contributed by atoms with Crippen molar-refractivity contribution < 1.29 is 22.4 Å². The summed E-state index contributed by atoms with van der Waals surface area (Å²) in [6, 6.07) is 8.80. The number of fused-ring (bicyclic) bond motifs is 1. The molecule has 1 aromatic heterocycles. The van der Waals surface area contributed by atoms with Crippen molar-refractivity contribution in [1.82, 2.24) is 4.98 Å². The van der Waals surface area contributed by atoms with E-state index in [-0.39, 0.29) is 16.8 Å². The van der Waals surface area contributed by atoms with E-state index in [0.29, 0.717) is 5.39 Å². The number of aromatic nitrogens is 1. The van der Waals surface area contributed by atoms with Gasteiger partial charge >= 0.3 is 6.18 Å². The van der Waals surface area contributed by atoms with Crippen LogP contribution in [0.1, 0.15) is 15.9 Å². The molecule has 0 spiro atoms. The summed E-state index contributed by atoms with van der Waals surface area (Å²) < 4.78 is 50.7. The fraction of sp³-hybridized carbons (Fsp3) is 0.0588. The highest BCUT2D eigenvalue weighted by Gasteiger charge is 2.30. The zero-order valence-corrected chi connectivity index (χ0v) is 12.4. The highest BCUT2D eigenvalue weighted by molar-refractivity contribution is 6.05. The molecule has 4 nitrogen and oxygen atoms in total. The van der Waals surface area contributed by atoms with Gasteiger partial charge in [-0.2, -0.15) is 13.2 Å². The third-order valence-electron chi connectivity index (χ3n) is 3.52. The SMILES string of the molecule is O=C(Nc1ccc(C(F)(F)F)cc1)c1cc2ccc(F)cc2[nH]c1=O. The van der Waals surface area contributed by atoms with Crippen LogP contribution < -0.4 is 10.9 Å². The van der Waals surface area contributed by atoms with Gasteiger partial charge in [0.25, 0.3) is 11.5 Å². The molecule has 0 aliphatic heterocycles. The molecule has 0 bridgehead atoms.